The van der Waals surface area contributed by atoms with E-state index < -0.39 is 0 Å². The first kappa shape index (κ1) is 10.0. The molecular formula is C10H22N2. The van der Waals surface area contributed by atoms with Gasteiger partial charge in [0.05, 0.1) is 0 Å². The molecule has 1 aliphatic heterocycles. The summed E-state index contributed by atoms with van der Waals surface area (Å²) in [5.74, 6) is 1.34. The Morgan fingerprint density at radius 3 is 2.67 bits per heavy atom. The maximum absolute atomic E-state index is 6.16. The zero-order valence-corrected chi connectivity index (χ0v) is 8.51. The third-order valence-corrected chi connectivity index (χ3v) is 3.18. The van der Waals surface area contributed by atoms with Crippen LogP contribution in [0.4, 0.5) is 0 Å². The van der Waals surface area contributed by atoms with Crippen LogP contribution >= 0.6 is 0 Å². The van der Waals surface area contributed by atoms with Gasteiger partial charge in [-0.15, -0.1) is 0 Å². The molecule has 12 heavy (non-hydrogen) atoms. The molecule has 1 fully saturated rings. The highest BCUT2D eigenvalue weighted by atomic mass is 14.9. The summed E-state index contributed by atoms with van der Waals surface area (Å²) in [5, 5.41) is 3.53. The fourth-order valence-electron chi connectivity index (χ4n) is 2.17. The summed E-state index contributed by atoms with van der Waals surface area (Å²) >= 11 is 0. The molecule has 0 spiro atoms. The van der Waals surface area contributed by atoms with E-state index in [4.69, 9.17) is 5.73 Å². The lowest BCUT2D eigenvalue weighted by Crippen LogP contribution is -2.37. The van der Waals surface area contributed by atoms with E-state index in [1.54, 1.807) is 0 Å². The lowest BCUT2D eigenvalue weighted by molar-refractivity contribution is 0.333. The summed E-state index contributed by atoms with van der Waals surface area (Å²) < 4.78 is 0. The Morgan fingerprint density at radius 1 is 1.42 bits per heavy atom. The molecule has 1 heterocycles. The van der Waals surface area contributed by atoms with Gasteiger partial charge in [0.1, 0.15) is 0 Å². The van der Waals surface area contributed by atoms with Gasteiger partial charge < -0.3 is 11.1 Å². The predicted octanol–water partition coefficient (Wildman–Crippen LogP) is 1.36. The van der Waals surface area contributed by atoms with Crippen molar-refractivity contribution in [3.05, 3.63) is 0 Å². The van der Waals surface area contributed by atoms with Gasteiger partial charge in [-0.05, 0) is 31.7 Å². The highest BCUT2D eigenvalue weighted by Crippen LogP contribution is 2.21. The Bertz CT molecular complexity index is 136. The van der Waals surface area contributed by atoms with Gasteiger partial charge >= 0.3 is 0 Å². The summed E-state index contributed by atoms with van der Waals surface area (Å²) in [7, 11) is 0. The van der Waals surface area contributed by atoms with Gasteiger partial charge in [-0.1, -0.05) is 20.3 Å². The maximum atomic E-state index is 6.16. The minimum atomic E-state index is 0.396. The lowest BCUT2D eigenvalue weighted by atomic mass is 9.87. The number of nitrogens with two attached hydrogens (primary N) is 1. The third kappa shape index (κ3) is 2.20. The van der Waals surface area contributed by atoms with Crippen molar-refractivity contribution in [2.45, 2.75) is 45.7 Å². The highest BCUT2D eigenvalue weighted by molar-refractivity contribution is 4.85. The van der Waals surface area contributed by atoms with E-state index in [1.165, 1.54) is 12.8 Å². The van der Waals surface area contributed by atoms with Crippen LogP contribution in [0.2, 0.25) is 0 Å². The van der Waals surface area contributed by atoms with Crippen molar-refractivity contribution >= 4 is 0 Å². The zero-order chi connectivity index (χ0) is 9.14. The molecule has 0 aromatic rings. The topological polar surface area (TPSA) is 38.0 Å². The maximum Gasteiger partial charge on any atom is 0.0106 e. The molecule has 0 radical (unpaired) electrons. The normalized spacial score (nSPS) is 44.0. The molecule has 4 atom stereocenters. The van der Waals surface area contributed by atoms with Gasteiger partial charge in [0.15, 0.2) is 0 Å². The van der Waals surface area contributed by atoms with E-state index in [9.17, 15) is 0 Å². The van der Waals surface area contributed by atoms with Crippen molar-refractivity contribution in [3.8, 4) is 0 Å². The summed E-state index contributed by atoms with van der Waals surface area (Å²) in [4.78, 5) is 0. The molecule has 0 bridgehead atoms. The van der Waals surface area contributed by atoms with Crippen molar-refractivity contribution in [1.82, 2.24) is 5.32 Å². The van der Waals surface area contributed by atoms with E-state index in [1.807, 2.05) is 0 Å². The molecule has 0 aromatic heterocycles. The molecule has 1 rings (SSSR count). The Labute approximate surface area is 75.9 Å². The van der Waals surface area contributed by atoms with Crippen molar-refractivity contribution in [3.63, 3.8) is 0 Å². The van der Waals surface area contributed by atoms with Crippen LogP contribution in [0.15, 0.2) is 0 Å². The lowest BCUT2D eigenvalue weighted by Gasteiger charge is -2.24. The first-order valence-electron chi connectivity index (χ1n) is 5.14. The van der Waals surface area contributed by atoms with E-state index >= 15 is 0 Å². The Balaban J connectivity index is 2.56. The second-order valence-electron chi connectivity index (χ2n) is 4.27. The van der Waals surface area contributed by atoms with E-state index in [0.29, 0.717) is 23.9 Å². The van der Waals surface area contributed by atoms with Gasteiger partial charge in [0.2, 0.25) is 0 Å². The fourth-order valence-corrected chi connectivity index (χ4v) is 2.17. The second-order valence-corrected chi connectivity index (χ2v) is 4.27. The smallest absolute Gasteiger partial charge is 0.0106 e. The van der Waals surface area contributed by atoms with E-state index in [0.717, 1.165) is 6.54 Å². The van der Waals surface area contributed by atoms with Crippen LogP contribution in [-0.2, 0) is 0 Å². The molecule has 3 N–H and O–H groups in total. The van der Waals surface area contributed by atoms with Crippen LogP contribution < -0.4 is 11.1 Å². The summed E-state index contributed by atoms with van der Waals surface area (Å²) in [6, 6.07) is 1.04. The summed E-state index contributed by atoms with van der Waals surface area (Å²) in [6.07, 6.45) is 2.42. The Hall–Kier alpha value is -0.0800. The minimum Gasteiger partial charge on any atom is -0.327 e. The molecule has 0 aromatic carbocycles. The van der Waals surface area contributed by atoms with Crippen LogP contribution in [0.3, 0.4) is 0 Å². The van der Waals surface area contributed by atoms with Crippen molar-refractivity contribution in [1.29, 1.82) is 0 Å². The molecule has 0 amide bonds. The standard InChI is InChI=1S/C10H22N2/c1-4-9-6-12-8(3)5-7(2)10(9)11/h7-10,12H,4-6,11H2,1-3H3. The van der Waals surface area contributed by atoms with Crippen LogP contribution in [-0.4, -0.2) is 18.6 Å². The molecule has 4 unspecified atom stereocenters. The average molecular weight is 170 g/mol. The zero-order valence-electron chi connectivity index (χ0n) is 8.51. The predicted molar refractivity (Wildman–Crippen MR) is 53.0 cm³/mol. The minimum absolute atomic E-state index is 0.396. The number of hydrogen-bond donors (Lipinski definition) is 2. The molecular weight excluding hydrogens is 148 g/mol. The molecule has 2 heteroatoms. The van der Waals surface area contributed by atoms with Gasteiger partial charge in [-0.2, -0.15) is 0 Å². The molecule has 1 saturated heterocycles. The first-order chi connectivity index (χ1) is 5.65. The van der Waals surface area contributed by atoms with Gasteiger partial charge in [-0.25, -0.2) is 0 Å². The fraction of sp³-hybridized carbons (Fsp3) is 1.00. The van der Waals surface area contributed by atoms with Crippen LogP contribution in [0.5, 0.6) is 0 Å². The van der Waals surface area contributed by atoms with E-state index in [-0.39, 0.29) is 0 Å². The number of rotatable bonds is 1. The molecule has 0 saturated carbocycles. The Kier molecular flexibility index (Phi) is 3.53. The van der Waals surface area contributed by atoms with Crippen molar-refractivity contribution in [2.75, 3.05) is 6.54 Å². The van der Waals surface area contributed by atoms with Crippen LogP contribution in [0.25, 0.3) is 0 Å². The summed E-state index contributed by atoms with van der Waals surface area (Å²) in [6.45, 7) is 7.86. The van der Waals surface area contributed by atoms with Crippen LogP contribution in [0, 0.1) is 11.8 Å². The average Bonchev–Trinajstić information content (AvgIpc) is 2.14. The number of hydrogen-bond acceptors (Lipinski definition) is 2. The SMILES string of the molecule is CCC1CNC(C)CC(C)C1N. The molecule has 1 aliphatic rings. The van der Waals surface area contributed by atoms with Gasteiger partial charge in [0, 0.05) is 12.1 Å². The third-order valence-electron chi connectivity index (χ3n) is 3.18. The quantitative estimate of drug-likeness (QED) is 0.623. The van der Waals surface area contributed by atoms with Gasteiger partial charge in [0.25, 0.3) is 0 Å². The number of nitrogens with one attached hydrogen (secondary N) is 1. The van der Waals surface area contributed by atoms with Gasteiger partial charge in [-0.3, -0.25) is 0 Å². The monoisotopic (exact) mass is 170 g/mol. The largest absolute Gasteiger partial charge is 0.327 e. The van der Waals surface area contributed by atoms with Crippen LogP contribution in [0.1, 0.15) is 33.6 Å². The molecule has 0 aliphatic carbocycles. The Morgan fingerprint density at radius 2 is 2.08 bits per heavy atom. The summed E-state index contributed by atoms with van der Waals surface area (Å²) in [5.41, 5.74) is 6.16. The van der Waals surface area contributed by atoms with Crippen molar-refractivity contribution in [2.24, 2.45) is 17.6 Å². The van der Waals surface area contributed by atoms with E-state index in [2.05, 4.69) is 26.1 Å². The second kappa shape index (κ2) is 4.24. The molecule has 72 valence electrons. The van der Waals surface area contributed by atoms with Crippen molar-refractivity contribution < 1.29 is 0 Å². The molecule has 2 nitrogen and oxygen atoms in total. The first-order valence-corrected chi connectivity index (χ1v) is 5.14. The highest BCUT2D eigenvalue weighted by Gasteiger charge is 2.26.